The Morgan fingerprint density at radius 2 is 1.89 bits per heavy atom. The first-order valence-corrected chi connectivity index (χ1v) is 5.18. The van der Waals surface area contributed by atoms with Gasteiger partial charge in [-0.25, -0.2) is 4.98 Å². The molecule has 1 heterocycles. The molecule has 4 nitrogen and oxygen atoms in total. The molecule has 0 amide bonds. The van der Waals surface area contributed by atoms with Gasteiger partial charge in [0.15, 0.2) is 6.29 Å². The smallest absolute Gasteiger partial charge is 0.441 e. The second kappa shape index (κ2) is 4.75. The molecule has 0 radical (unpaired) electrons. The second-order valence-corrected chi connectivity index (χ2v) is 3.65. The summed E-state index contributed by atoms with van der Waals surface area (Å²) in [5, 5.41) is 0. The predicted molar refractivity (Wildman–Crippen MR) is 58.7 cm³/mol. The van der Waals surface area contributed by atoms with Gasteiger partial charge in [0.05, 0.1) is 0 Å². The third kappa shape index (κ3) is 3.12. The zero-order valence-electron chi connectivity index (χ0n) is 9.69. The fraction of sp³-hybridized carbons (Fsp3) is 0.167. The van der Waals surface area contributed by atoms with Crippen LogP contribution >= 0.6 is 0 Å². The number of carbonyl (C=O) groups is 1. The monoisotopic (exact) mass is 271 g/mol. The second-order valence-electron chi connectivity index (χ2n) is 3.65. The molecule has 1 aromatic carbocycles. The van der Waals surface area contributed by atoms with Crippen molar-refractivity contribution in [3.05, 3.63) is 35.7 Å². The number of rotatable bonds is 3. The van der Waals surface area contributed by atoms with E-state index in [1.807, 2.05) is 0 Å². The molecule has 2 rings (SSSR count). The number of nitrogens with zero attached hydrogens (tertiary/aromatic N) is 1. The predicted octanol–water partition coefficient (Wildman–Crippen LogP) is 3.36. The molecule has 0 saturated heterocycles. The van der Waals surface area contributed by atoms with Crippen LogP contribution in [0.3, 0.4) is 0 Å². The molecule has 0 bridgehead atoms. The molecule has 0 N–H and O–H groups in total. The minimum absolute atomic E-state index is 0.158. The SMILES string of the molecule is Cc1oc(-c2ccc(OC(F)(F)F)cc2)nc1C=O. The van der Waals surface area contributed by atoms with E-state index in [4.69, 9.17) is 4.42 Å². The molecule has 0 aliphatic carbocycles. The Balaban J connectivity index is 2.24. The zero-order chi connectivity index (χ0) is 14.0. The number of alkyl halides is 3. The summed E-state index contributed by atoms with van der Waals surface area (Å²) < 4.78 is 44.9. The minimum atomic E-state index is -4.73. The number of hydrogen-bond donors (Lipinski definition) is 0. The molecule has 7 heteroatoms. The van der Waals surface area contributed by atoms with Crippen molar-refractivity contribution in [2.75, 3.05) is 0 Å². The molecule has 1 aromatic heterocycles. The van der Waals surface area contributed by atoms with E-state index in [9.17, 15) is 18.0 Å². The number of hydrogen-bond acceptors (Lipinski definition) is 4. The number of carbonyl (C=O) groups excluding carboxylic acids is 1. The summed E-state index contributed by atoms with van der Waals surface area (Å²) in [4.78, 5) is 14.5. The van der Waals surface area contributed by atoms with E-state index < -0.39 is 6.36 Å². The lowest BCUT2D eigenvalue weighted by atomic mass is 10.2. The maximum absolute atomic E-state index is 12.0. The highest BCUT2D eigenvalue weighted by Gasteiger charge is 2.31. The topological polar surface area (TPSA) is 52.3 Å². The highest BCUT2D eigenvalue weighted by molar-refractivity contribution is 5.74. The lowest BCUT2D eigenvalue weighted by molar-refractivity contribution is -0.274. The average Bonchev–Trinajstić information content (AvgIpc) is 2.69. The molecule has 0 unspecified atom stereocenters. The van der Waals surface area contributed by atoms with Crippen molar-refractivity contribution < 1.29 is 27.1 Å². The Morgan fingerprint density at radius 1 is 1.26 bits per heavy atom. The van der Waals surface area contributed by atoms with Crippen LogP contribution in [0, 0.1) is 6.92 Å². The van der Waals surface area contributed by atoms with Gasteiger partial charge in [-0.05, 0) is 31.2 Å². The Labute approximate surface area is 105 Å². The molecule has 0 atom stereocenters. The molecule has 2 aromatic rings. The van der Waals surface area contributed by atoms with Crippen molar-refractivity contribution in [3.63, 3.8) is 0 Å². The van der Waals surface area contributed by atoms with Crippen LogP contribution in [-0.2, 0) is 0 Å². The van der Waals surface area contributed by atoms with Gasteiger partial charge in [-0.15, -0.1) is 13.2 Å². The standard InChI is InChI=1S/C12H8F3NO3/c1-7-10(6-17)16-11(18-7)8-2-4-9(5-3-8)19-12(13,14)15/h2-6H,1H3. The first kappa shape index (κ1) is 13.1. The van der Waals surface area contributed by atoms with E-state index in [0.717, 1.165) is 12.1 Å². The van der Waals surface area contributed by atoms with Crippen LogP contribution < -0.4 is 4.74 Å². The Hall–Kier alpha value is -2.31. The van der Waals surface area contributed by atoms with Crippen molar-refractivity contribution >= 4 is 6.29 Å². The van der Waals surface area contributed by atoms with Gasteiger partial charge < -0.3 is 9.15 Å². The third-order valence-corrected chi connectivity index (χ3v) is 2.28. The van der Waals surface area contributed by atoms with Crippen molar-refractivity contribution in [1.29, 1.82) is 0 Å². The van der Waals surface area contributed by atoms with Gasteiger partial charge in [0, 0.05) is 5.56 Å². The van der Waals surface area contributed by atoms with Gasteiger partial charge >= 0.3 is 6.36 Å². The maximum Gasteiger partial charge on any atom is 0.573 e. The lowest BCUT2D eigenvalue weighted by Crippen LogP contribution is -2.16. The van der Waals surface area contributed by atoms with Gasteiger partial charge in [-0.1, -0.05) is 0 Å². The van der Waals surface area contributed by atoms with E-state index >= 15 is 0 Å². The summed E-state index contributed by atoms with van der Waals surface area (Å²) in [6, 6.07) is 5.01. The van der Waals surface area contributed by atoms with Gasteiger partial charge in [0.1, 0.15) is 17.2 Å². The zero-order valence-corrected chi connectivity index (χ0v) is 9.69. The highest BCUT2D eigenvalue weighted by atomic mass is 19.4. The van der Waals surface area contributed by atoms with E-state index in [0.29, 0.717) is 17.6 Å². The molecule has 100 valence electrons. The Bertz CT molecular complexity index is 587. The van der Waals surface area contributed by atoms with E-state index in [-0.39, 0.29) is 17.3 Å². The molecular formula is C12H8F3NO3. The summed E-state index contributed by atoms with van der Waals surface area (Å²) in [6.45, 7) is 1.57. The van der Waals surface area contributed by atoms with Crippen LogP contribution in [0.2, 0.25) is 0 Å². The quantitative estimate of drug-likeness (QED) is 0.803. The van der Waals surface area contributed by atoms with Crippen molar-refractivity contribution in [3.8, 4) is 17.2 Å². The molecule has 0 aliphatic heterocycles. The summed E-state index contributed by atoms with van der Waals surface area (Å²) in [7, 11) is 0. The summed E-state index contributed by atoms with van der Waals surface area (Å²) in [5.41, 5.74) is 0.608. The van der Waals surface area contributed by atoms with Gasteiger partial charge in [-0.2, -0.15) is 0 Å². The van der Waals surface area contributed by atoms with Crippen LogP contribution in [0.15, 0.2) is 28.7 Å². The molecular weight excluding hydrogens is 263 g/mol. The summed E-state index contributed by atoms with van der Waals surface area (Å²) in [6.07, 6.45) is -4.19. The largest absolute Gasteiger partial charge is 0.573 e. The van der Waals surface area contributed by atoms with Crippen molar-refractivity contribution in [2.24, 2.45) is 0 Å². The minimum Gasteiger partial charge on any atom is -0.441 e. The van der Waals surface area contributed by atoms with E-state index in [2.05, 4.69) is 9.72 Å². The molecule has 0 spiro atoms. The van der Waals surface area contributed by atoms with E-state index in [1.54, 1.807) is 6.92 Å². The van der Waals surface area contributed by atoms with Crippen molar-refractivity contribution in [2.45, 2.75) is 13.3 Å². The fourth-order valence-corrected chi connectivity index (χ4v) is 1.44. The van der Waals surface area contributed by atoms with E-state index in [1.165, 1.54) is 12.1 Å². The number of benzene rings is 1. The Kier molecular flexibility index (Phi) is 3.28. The van der Waals surface area contributed by atoms with Gasteiger partial charge in [0.25, 0.3) is 0 Å². The normalized spacial score (nSPS) is 11.4. The molecule has 0 aliphatic rings. The maximum atomic E-state index is 12.0. The number of oxazole rings is 1. The summed E-state index contributed by atoms with van der Waals surface area (Å²) >= 11 is 0. The third-order valence-electron chi connectivity index (χ3n) is 2.28. The molecule has 19 heavy (non-hydrogen) atoms. The first-order valence-electron chi connectivity index (χ1n) is 5.18. The summed E-state index contributed by atoms with van der Waals surface area (Å²) in [5.74, 6) is 0.175. The van der Waals surface area contributed by atoms with Crippen LogP contribution in [0.5, 0.6) is 5.75 Å². The number of ether oxygens (including phenoxy) is 1. The molecule has 0 saturated carbocycles. The van der Waals surface area contributed by atoms with Gasteiger partial charge in [-0.3, -0.25) is 4.79 Å². The lowest BCUT2D eigenvalue weighted by Gasteiger charge is -2.08. The Morgan fingerprint density at radius 3 is 2.37 bits per heavy atom. The number of halogens is 3. The van der Waals surface area contributed by atoms with Crippen molar-refractivity contribution in [1.82, 2.24) is 4.98 Å². The van der Waals surface area contributed by atoms with Crippen LogP contribution in [0.4, 0.5) is 13.2 Å². The fourth-order valence-electron chi connectivity index (χ4n) is 1.44. The van der Waals surface area contributed by atoms with Gasteiger partial charge in [0.2, 0.25) is 5.89 Å². The number of aldehydes is 1. The van der Waals surface area contributed by atoms with Crippen LogP contribution in [0.1, 0.15) is 16.2 Å². The number of aromatic nitrogens is 1. The van der Waals surface area contributed by atoms with Crippen LogP contribution in [0.25, 0.3) is 11.5 Å². The molecule has 0 fully saturated rings. The average molecular weight is 271 g/mol. The van der Waals surface area contributed by atoms with Crippen LogP contribution in [-0.4, -0.2) is 17.6 Å². The number of aryl methyl sites for hydroxylation is 1. The first-order chi connectivity index (χ1) is 8.89. The highest BCUT2D eigenvalue weighted by Crippen LogP contribution is 2.26.